The maximum absolute atomic E-state index is 12.8. The van der Waals surface area contributed by atoms with Gasteiger partial charge in [0.2, 0.25) is 11.8 Å². The van der Waals surface area contributed by atoms with Gasteiger partial charge in [0.25, 0.3) is 0 Å². The summed E-state index contributed by atoms with van der Waals surface area (Å²) in [7, 11) is 0. The minimum atomic E-state index is -0.645. The molecular formula is C18H17NO4. The number of imide groups is 1. The number of Topliss-reactive ketones (excluding diaryl/α,β-unsaturated/α-hetero) is 2. The Kier molecular flexibility index (Phi) is 2.86. The largest absolute Gasteiger partial charge is 0.299 e. The van der Waals surface area contributed by atoms with E-state index in [0.717, 1.165) is 11.1 Å². The van der Waals surface area contributed by atoms with Gasteiger partial charge in [0.15, 0.2) is 0 Å². The summed E-state index contributed by atoms with van der Waals surface area (Å²) in [5.74, 6) is -3.23. The summed E-state index contributed by atoms with van der Waals surface area (Å²) in [6.45, 7) is 3.89. The number of ketones is 2. The van der Waals surface area contributed by atoms with E-state index in [-0.39, 0.29) is 36.2 Å². The number of aryl methyl sites for hydroxylation is 2. The molecule has 5 nitrogen and oxygen atoms in total. The topological polar surface area (TPSA) is 71.5 Å². The molecule has 0 N–H and O–H groups in total. The molecule has 23 heavy (non-hydrogen) atoms. The van der Waals surface area contributed by atoms with Crippen molar-refractivity contribution in [2.75, 3.05) is 4.90 Å². The van der Waals surface area contributed by atoms with Gasteiger partial charge in [-0.15, -0.1) is 0 Å². The lowest BCUT2D eigenvalue weighted by Gasteiger charge is -2.40. The molecule has 4 aliphatic rings. The third-order valence-electron chi connectivity index (χ3n) is 5.68. The predicted molar refractivity (Wildman–Crippen MR) is 81.6 cm³/mol. The number of carbonyl (C=O) groups is 4. The second-order valence-corrected chi connectivity index (χ2v) is 6.89. The molecule has 0 spiro atoms. The van der Waals surface area contributed by atoms with Crippen molar-refractivity contribution in [3.05, 3.63) is 29.3 Å². The molecule has 1 heterocycles. The maximum atomic E-state index is 12.8. The fraction of sp³-hybridized carbons (Fsp3) is 0.444. The highest BCUT2D eigenvalue weighted by Gasteiger charge is 2.63. The molecule has 0 aromatic heterocycles. The number of hydrogen-bond acceptors (Lipinski definition) is 4. The lowest BCUT2D eigenvalue weighted by molar-refractivity contribution is -0.153. The highest BCUT2D eigenvalue weighted by Crippen LogP contribution is 2.50. The van der Waals surface area contributed by atoms with Crippen molar-refractivity contribution in [3.63, 3.8) is 0 Å². The Bertz CT molecular complexity index is 741. The Morgan fingerprint density at radius 1 is 0.826 bits per heavy atom. The minimum absolute atomic E-state index is 0.0427. The third-order valence-corrected chi connectivity index (χ3v) is 5.68. The van der Waals surface area contributed by atoms with Gasteiger partial charge >= 0.3 is 0 Å². The van der Waals surface area contributed by atoms with E-state index in [1.807, 2.05) is 26.0 Å². The van der Waals surface area contributed by atoms with E-state index in [9.17, 15) is 19.2 Å². The summed E-state index contributed by atoms with van der Waals surface area (Å²) in [4.78, 5) is 51.1. The third kappa shape index (κ3) is 1.79. The van der Waals surface area contributed by atoms with Gasteiger partial charge < -0.3 is 0 Å². The van der Waals surface area contributed by atoms with Gasteiger partial charge in [-0.1, -0.05) is 6.07 Å². The summed E-state index contributed by atoms with van der Waals surface area (Å²) < 4.78 is 0. The average Bonchev–Trinajstić information content (AvgIpc) is 2.77. The zero-order valence-corrected chi connectivity index (χ0v) is 13.0. The molecule has 118 valence electrons. The van der Waals surface area contributed by atoms with Crippen molar-refractivity contribution in [1.29, 1.82) is 0 Å². The molecule has 5 heteroatoms. The van der Waals surface area contributed by atoms with Crippen molar-refractivity contribution in [2.24, 2.45) is 23.7 Å². The van der Waals surface area contributed by atoms with Crippen molar-refractivity contribution in [1.82, 2.24) is 0 Å². The quantitative estimate of drug-likeness (QED) is 0.738. The van der Waals surface area contributed by atoms with Gasteiger partial charge in [-0.3, -0.25) is 24.1 Å². The molecule has 2 amide bonds. The first-order valence-electron chi connectivity index (χ1n) is 7.90. The molecule has 0 unspecified atom stereocenters. The summed E-state index contributed by atoms with van der Waals surface area (Å²) >= 11 is 0. The molecule has 1 saturated heterocycles. The first-order chi connectivity index (χ1) is 10.9. The Hall–Kier alpha value is -2.30. The highest BCUT2D eigenvalue weighted by molar-refractivity contribution is 6.25. The van der Waals surface area contributed by atoms with E-state index in [1.54, 1.807) is 6.07 Å². The maximum Gasteiger partial charge on any atom is 0.238 e. The normalized spacial score (nSPS) is 32.7. The molecule has 4 atom stereocenters. The van der Waals surface area contributed by atoms with Gasteiger partial charge in [0.1, 0.15) is 11.6 Å². The Balaban J connectivity index is 1.79. The van der Waals surface area contributed by atoms with Crippen molar-refractivity contribution < 1.29 is 19.2 Å². The van der Waals surface area contributed by atoms with Crippen molar-refractivity contribution in [3.8, 4) is 0 Å². The van der Waals surface area contributed by atoms with Crippen LogP contribution in [0.3, 0.4) is 0 Å². The monoisotopic (exact) mass is 311 g/mol. The van der Waals surface area contributed by atoms with Crippen LogP contribution in [0.4, 0.5) is 5.69 Å². The van der Waals surface area contributed by atoms with Crippen molar-refractivity contribution in [2.45, 2.75) is 26.7 Å². The summed E-state index contributed by atoms with van der Waals surface area (Å²) in [6, 6.07) is 5.44. The number of anilines is 1. The molecule has 1 aromatic rings. The van der Waals surface area contributed by atoms with E-state index >= 15 is 0 Å². The molecule has 1 aliphatic heterocycles. The molecule has 0 radical (unpaired) electrons. The fourth-order valence-electron chi connectivity index (χ4n) is 4.30. The number of rotatable bonds is 1. The summed E-state index contributed by atoms with van der Waals surface area (Å²) in [5.41, 5.74) is 2.61. The SMILES string of the molecule is Cc1ccc(N2C(=O)[C@@H]3[C@H](C2=O)[C@H]2CC(=O)[C@@H]3CC2=O)cc1C. The van der Waals surface area contributed by atoms with E-state index in [4.69, 9.17) is 0 Å². The van der Waals surface area contributed by atoms with Crippen LogP contribution in [-0.2, 0) is 19.2 Å². The second kappa shape index (κ2) is 4.60. The number of fused-ring (bicyclic) bond motifs is 2. The smallest absolute Gasteiger partial charge is 0.238 e. The van der Waals surface area contributed by atoms with E-state index < -0.39 is 23.7 Å². The van der Waals surface area contributed by atoms with Crippen LogP contribution in [0.1, 0.15) is 24.0 Å². The van der Waals surface area contributed by atoms with Crippen LogP contribution in [-0.4, -0.2) is 23.4 Å². The first kappa shape index (κ1) is 14.3. The van der Waals surface area contributed by atoms with Crippen LogP contribution in [0, 0.1) is 37.5 Å². The number of carbonyl (C=O) groups excluding carboxylic acids is 4. The number of nitrogens with zero attached hydrogens (tertiary/aromatic N) is 1. The van der Waals surface area contributed by atoms with Crippen LogP contribution < -0.4 is 4.90 Å². The van der Waals surface area contributed by atoms with E-state index in [1.165, 1.54) is 4.90 Å². The average molecular weight is 311 g/mol. The van der Waals surface area contributed by atoms with Gasteiger partial charge in [-0.05, 0) is 37.1 Å². The van der Waals surface area contributed by atoms with E-state index in [0.29, 0.717) is 5.69 Å². The standard InChI is InChI=1S/C18H17NO4/c1-8-3-4-10(5-9(8)2)19-17(22)15-11-6-13(20)12(7-14(11)21)16(15)18(19)23/h3-5,11-12,15-16H,6-7H2,1-2H3/t11-,12-,15-,16+/m0/s1. The molecule has 3 aliphatic carbocycles. The summed E-state index contributed by atoms with van der Waals surface area (Å²) in [5, 5.41) is 0. The molecule has 3 saturated carbocycles. The lowest BCUT2D eigenvalue weighted by atomic mass is 9.58. The number of amides is 2. The summed E-state index contributed by atoms with van der Waals surface area (Å²) in [6.07, 6.45) is 0.231. The number of hydrogen-bond donors (Lipinski definition) is 0. The van der Waals surface area contributed by atoms with Gasteiger partial charge in [0.05, 0.1) is 17.5 Å². The Morgan fingerprint density at radius 3 is 1.83 bits per heavy atom. The zero-order chi connectivity index (χ0) is 16.5. The molecule has 2 bridgehead atoms. The molecular weight excluding hydrogens is 294 g/mol. The second-order valence-electron chi connectivity index (χ2n) is 6.89. The van der Waals surface area contributed by atoms with Gasteiger partial charge in [-0.2, -0.15) is 0 Å². The van der Waals surface area contributed by atoms with Crippen LogP contribution in [0.15, 0.2) is 18.2 Å². The number of benzene rings is 1. The molecule has 5 rings (SSSR count). The van der Waals surface area contributed by atoms with Crippen molar-refractivity contribution >= 4 is 29.1 Å². The molecule has 4 fully saturated rings. The zero-order valence-electron chi connectivity index (χ0n) is 13.0. The Morgan fingerprint density at radius 2 is 1.35 bits per heavy atom. The minimum Gasteiger partial charge on any atom is -0.299 e. The van der Waals surface area contributed by atoms with E-state index in [2.05, 4.69) is 0 Å². The van der Waals surface area contributed by atoms with Crippen LogP contribution in [0.2, 0.25) is 0 Å². The molecule has 1 aromatic carbocycles. The highest BCUT2D eigenvalue weighted by atomic mass is 16.2. The lowest BCUT2D eigenvalue weighted by Crippen LogP contribution is -2.51. The predicted octanol–water partition coefficient (Wildman–Crippen LogP) is 1.59. The van der Waals surface area contributed by atoms with Crippen LogP contribution in [0.5, 0.6) is 0 Å². The first-order valence-corrected chi connectivity index (χ1v) is 7.90. The van der Waals surface area contributed by atoms with Gasteiger partial charge in [-0.25, -0.2) is 0 Å². The van der Waals surface area contributed by atoms with Crippen LogP contribution >= 0.6 is 0 Å². The fourth-order valence-corrected chi connectivity index (χ4v) is 4.30. The van der Waals surface area contributed by atoms with Crippen LogP contribution in [0.25, 0.3) is 0 Å². The van der Waals surface area contributed by atoms with Gasteiger partial charge in [0, 0.05) is 24.7 Å². The Labute approximate surface area is 133 Å².